The van der Waals surface area contributed by atoms with Gasteiger partial charge in [-0.2, -0.15) is 0 Å². The third-order valence-corrected chi connectivity index (χ3v) is 2.56. The molecule has 1 aliphatic rings. The summed E-state index contributed by atoms with van der Waals surface area (Å²) in [6.07, 6.45) is 2.93. The summed E-state index contributed by atoms with van der Waals surface area (Å²) >= 11 is 0. The number of aromatic nitrogens is 1. The first-order valence-corrected chi connectivity index (χ1v) is 5.55. The topological polar surface area (TPSA) is 54.5 Å². The van der Waals surface area contributed by atoms with Crippen molar-refractivity contribution in [3.05, 3.63) is 30.5 Å². The highest BCUT2D eigenvalue weighted by Gasteiger charge is 2.18. The molecule has 17 heavy (non-hydrogen) atoms. The van der Waals surface area contributed by atoms with Gasteiger partial charge in [0.15, 0.2) is 0 Å². The zero-order valence-electron chi connectivity index (χ0n) is 9.56. The molecule has 1 N–H and O–H groups in total. The summed E-state index contributed by atoms with van der Waals surface area (Å²) in [6.45, 7) is 6.59. The number of amides is 1. The van der Waals surface area contributed by atoms with Gasteiger partial charge in [-0.25, -0.2) is 9.78 Å². The minimum atomic E-state index is -0.347. The van der Waals surface area contributed by atoms with Gasteiger partial charge in [0.2, 0.25) is 5.88 Å². The van der Waals surface area contributed by atoms with Gasteiger partial charge in [0.25, 0.3) is 0 Å². The normalized spacial score (nSPS) is 15.4. The SMILES string of the molecule is C=Cc1ccnc(OC(=O)N2CCNCC2)c1. The van der Waals surface area contributed by atoms with Crippen molar-refractivity contribution in [3.8, 4) is 5.88 Å². The van der Waals surface area contributed by atoms with Crippen molar-refractivity contribution >= 4 is 12.2 Å². The molecule has 1 saturated heterocycles. The van der Waals surface area contributed by atoms with Gasteiger partial charge in [0, 0.05) is 38.4 Å². The Morgan fingerprint density at radius 1 is 1.53 bits per heavy atom. The Labute approximate surface area is 100 Å². The molecule has 0 aromatic carbocycles. The van der Waals surface area contributed by atoms with Crippen LogP contribution in [0.5, 0.6) is 5.88 Å². The molecule has 0 saturated carbocycles. The maximum absolute atomic E-state index is 11.8. The van der Waals surface area contributed by atoms with E-state index in [1.165, 1.54) is 0 Å². The lowest BCUT2D eigenvalue weighted by atomic mass is 10.3. The number of nitrogens with zero attached hydrogens (tertiary/aromatic N) is 2. The van der Waals surface area contributed by atoms with Crippen molar-refractivity contribution in [2.75, 3.05) is 26.2 Å². The number of carbonyl (C=O) groups is 1. The van der Waals surface area contributed by atoms with Gasteiger partial charge in [-0.05, 0) is 11.6 Å². The fourth-order valence-corrected chi connectivity index (χ4v) is 1.61. The largest absolute Gasteiger partial charge is 0.416 e. The Bertz CT molecular complexity index is 414. The molecule has 0 aliphatic carbocycles. The second kappa shape index (κ2) is 5.45. The van der Waals surface area contributed by atoms with Crippen LogP contribution in [0.1, 0.15) is 5.56 Å². The van der Waals surface area contributed by atoms with E-state index in [2.05, 4.69) is 16.9 Å². The summed E-state index contributed by atoms with van der Waals surface area (Å²) in [7, 11) is 0. The predicted octanol–water partition coefficient (Wildman–Crippen LogP) is 1.13. The molecule has 5 heteroatoms. The molecule has 2 heterocycles. The van der Waals surface area contributed by atoms with Crippen LogP contribution in [-0.4, -0.2) is 42.2 Å². The molecule has 1 amide bonds. The van der Waals surface area contributed by atoms with Crippen molar-refractivity contribution in [1.82, 2.24) is 15.2 Å². The molecule has 0 radical (unpaired) electrons. The maximum Gasteiger partial charge on any atom is 0.416 e. The van der Waals surface area contributed by atoms with Crippen LogP contribution in [0.2, 0.25) is 0 Å². The van der Waals surface area contributed by atoms with Gasteiger partial charge in [-0.3, -0.25) is 0 Å². The molecular weight excluding hydrogens is 218 g/mol. The molecule has 1 fully saturated rings. The van der Waals surface area contributed by atoms with Crippen molar-refractivity contribution in [2.45, 2.75) is 0 Å². The minimum absolute atomic E-state index is 0.311. The van der Waals surface area contributed by atoms with Crippen LogP contribution in [0.4, 0.5) is 4.79 Å². The predicted molar refractivity (Wildman–Crippen MR) is 64.8 cm³/mol. The summed E-state index contributed by atoms with van der Waals surface area (Å²) in [5, 5.41) is 3.17. The Kier molecular flexibility index (Phi) is 3.72. The van der Waals surface area contributed by atoms with Crippen LogP contribution in [0.25, 0.3) is 6.08 Å². The van der Waals surface area contributed by atoms with Crippen LogP contribution in [0.3, 0.4) is 0 Å². The molecule has 2 rings (SSSR count). The number of carbonyl (C=O) groups excluding carboxylic acids is 1. The van der Waals surface area contributed by atoms with Crippen LogP contribution < -0.4 is 10.1 Å². The van der Waals surface area contributed by atoms with E-state index in [1.54, 1.807) is 29.3 Å². The molecule has 1 aromatic rings. The van der Waals surface area contributed by atoms with Gasteiger partial charge >= 0.3 is 6.09 Å². The van der Waals surface area contributed by atoms with Crippen LogP contribution in [0.15, 0.2) is 24.9 Å². The highest BCUT2D eigenvalue weighted by Crippen LogP contribution is 2.11. The molecule has 90 valence electrons. The van der Waals surface area contributed by atoms with E-state index in [0.29, 0.717) is 19.0 Å². The third-order valence-electron chi connectivity index (χ3n) is 2.56. The summed E-state index contributed by atoms with van der Waals surface area (Å²) in [5.74, 6) is 0.311. The Morgan fingerprint density at radius 2 is 2.29 bits per heavy atom. The molecule has 0 unspecified atom stereocenters. The summed E-state index contributed by atoms with van der Waals surface area (Å²) in [5.41, 5.74) is 0.878. The van der Waals surface area contributed by atoms with Gasteiger partial charge in [0.05, 0.1) is 0 Å². The lowest BCUT2D eigenvalue weighted by Gasteiger charge is -2.26. The van der Waals surface area contributed by atoms with E-state index >= 15 is 0 Å². The smallest absolute Gasteiger partial charge is 0.391 e. The molecule has 5 nitrogen and oxygen atoms in total. The number of rotatable bonds is 2. The average Bonchev–Trinajstić information content (AvgIpc) is 2.40. The van der Waals surface area contributed by atoms with Crippen LogP contribution in [0, 0.1) is 0 Å². The summed E-state index contributed by atoms with van der Waals surface area (Å²) in [4.78, 5) is 17.4. The zero-order valence-corrected chi connectivity index (χ0v) is 9.56. The van der Waals surface area contributed by atoms with Gasteiger partial charge in [0.1, 0.15) is 0 Å². The van der Waals surface area contributed by atoms with Gasteiger partial charge in [-0.15, -0.1) is 0 Å². The zero-order chi connectivity index (χ0) is 12.1. The van der Waals surface area contributed by atoms with E-state index in [0.717, 1.165) is 18.7 Å². The number of piperazine rings is 1. The fourth-order valence-electron chi connectivity index (χ4n) is 1.61. The van der Waals surface area contributed by atoms with Crippen molar-refractivity contribution < 1.29 is 9.53 Å². The van der Waals surface area contributed by atoms with Gasteiger partial charge in [-0.1, -0.05) is 12.7 Å². The van der Waals surface area contributed by atoms with Crippen molar-refractivity contribution in [1.29, 1.82) is 0 Å². The van der Waals surface area contributed by atoms with Crippen LogP contribution in [-0.2, 0) is 0 Å². The number of pyridine rings is 1. The number of nitrogens with one attached hydrogen (secondary N) is 1. The third kappa shape index (κ3) is 3.04. The van der Waals surface area contributed by atoms with Gasteiger partial charge < -0.3 is 15.0 Å². The lowest BCUT2D eigenvalue weighted by molar-refractivity contribution is 0.144. The summed E-state index contributed by atoms with van der Waals surface area (Å²) < 4.78 is 5.20. The van der Waals surface area contributed by atoms with E-state index in [4.69, 9.17) is 4.74 Å². The van der Waals surface area contributed by atoms with Crippen molar-refractivity contribution in [2.24, 2.45) is 0 Å². The van der Waals surface area contributed by atoms with E-state index in [-0.39, 0.29) is 6.09 Å². The summed E-state index contributed by atoms with van der Waals surface area (Å²) in [6, 6.07) is 3.49. The lowest BCUT2D eigenvalue weighted by Crippen LogP contribution is -2.47. The fraction of sp³-hybridized carbons (Fsp3) is 0.333. The number of hydrogen-bond acceptors (Lipinski definition) is 4. The Balaban J connectivity index is 1.99. The second-order valence-electron chi connectivity index (χ2n) is 3.74. The molecule has 0 spiro atoms. The minimum Gasteiger partial charge on any atom is -0.391 e. The first-order valence-electron chi connectivity index (χ1n) is 5.55. The quantitative estimate of drug-likeness (QED) is 0.832. The Hall–Kier alpha value is -1.88. The molecule has 0 bridgehead atoms. The standard InChI is InChI=1S/C12H15N3O2/c1-2-10-3-4-14-11(9-10)17-12(16)15-7-5-13-6-8-15/h2-4,9,13H,1,5-8H2. The van der Waals surface area contributed by atoms with Crippen LogP contribution >= 0.6 is 0 Å². The number of hydrogen-bond donors (Lipinski definition) is 1. The second-order valence-corrected chi connectivity index (χ2v) is 3.74. The first kappa shape index (κ1) is 11.6. The first-order chi connectivity index (χ1) is 8.29. The number of ether oxygens (including phenoxy) is 1. The van der Waals surface area contributed by atoms with E-state index in [9.17, 15) is 4.79 Å². The monoisotopic (exact) mass is 233 g/mol. The van der Waals surface area contributed by atoms with E-state index < -0.39 is 0 Å². The highest BCUT2D eigenvalue weighted by molar-refractivity contribution is 5.70. The highest BCUT2D eigenvalue weighted by atomic mass is 16.6. The molecule has 1 aromatic heterocycles. The van der Waals surface area contributed by atoms with E-state index in [1.807, 2.05) is 0 Å². The Morgan fingerprint density at radius 3 is 3.00 bits per heavy atom. The molecular formula is C12H15N3O2. The average molecular weight is 233 g/mol. The van der Waals surface area contributed by atoms with Crippen molar-refractivity contribution in [3.63, 3.8) is 0 Å². The molecule has 1 aliphatic heterocycles. The molecule has 0 atom stereocenters. The maximum atomic E-state index is 11.8.